The molecule has 28 heavy (non-hydrogen) atoms. The number of esters is 3. The highest BCUT2D eigenvalue weighted by molar-refractivity contribution is 5.83. The van der Waals surface area contributed by atoms with Crippen molar-refractivity contribution >= 4 is 24.0 Å². The van der Waals surface area contributed by atoms with Crippen LogP contribution in [0.2, 0.25) is 0 Å². The second-order valence-corrected chi connectivity index (χ2v) is 6.39. The first-order valence-electron chi connectivity index (χ1n) is 9.12. The quantitative estimate of drug-likeness (QED) is 0.345. The normalized spacial score (nSPS) is 15.1. The van der Waals surface area contributed by atoms with Gasteiger partial charge in [0.05, 0.1) is 12.5 Å². The Morgan fingerprint density at radius 2 is 1.79 bits per heavy atom. The molecular weight excluding hydrogens is 360 g/mol. The zero-order chi connectivity index (χ0) is 21.2. The van der Waals surface area contributed by atoms with E-state index < -0.39 is 35.5 Å². The van der Waals surface area contributed by atoms with Crippen LogP contribution in [0.15, 0.2) is 49.1 Å². The lowest BCUT2D eigenvalue weighted by atomic mass is 9.82. The van der Waals surface area contributed by atoms with Gasteiger partial charge in [0.25, 0.3) is 0 Å². The average molecular weight is 388 g/mol. The van der Waals surface area contributed by atoms with Crippen molar-refractivity contribution in [1.29, 1.82) is 0 Å². The zero-order valence-electron chi connectivity index (χ0n) is 16.8. The van der Waals surface area contributed by atoms with Gasteiger partial charge < -0.3 is 14.2 Å². The summed E-state index contributed by atoms with van der Waals surface area (Å²) in [5.41, 5.74) is -0.808. The molecule has 0 saturated carbocycles. The van der Waals surface area contributed by atoms with Gasteiger partial charge in [-0.25, -0.2) is 4.79 Å². The van der Waals surface area contributed by atoms with Crippen LogP contribution in [0.5, 0.6) is 0 Å². The van der Waals surface area contributed by atoms with Crippen LogP contribution in [0.1, 0.15) is 39.7 Å². The van der Waals surface area contributed by atoms with Gasteiger partial charge in [-0.2, -0.15) is 0 Å². The number of hydrogen-bond donors (Lipinski definition) is 0. The molecule has 0 unspecified atom stereocenters. The number of hydrogen-bond acceptors (Lipinski definition) is 6. The zero-order valence-corrected chi connectivity index (χ0v) is 16.8. The molecular formula is C22H28O6. The minimum Gasteiger partial charge on any atom is -0.463 e. The third-order valence-electron chi connectivity index (χ3n) is 4.09. The minimum atomic E-state index is -1.68. The van der Waals surface area contributed by atoms with Crippen LogP contribution >= 0.6 is 0 Å². The highest BCUT2D eigenvalue weighted by atomic mass is 16.6. The van der Waals surface area contributed by atoms with Crippen molar-refractivity contribution in [3.63, 3.8) is 0 Å². The topological polar surface area (TPSA) is 78.9 Å². The summed E-state index contributed by atoms with van der Waals surface area (Å²) in [5, 5.41) is 0. The second kappa shape index (κ2) is 11.1. The van der Waals surface area contributed by atoms with Crippen molar-refractivity contribution in [2.24, 2.45) is 5.92 Å². The Morgan fingerprint density at radius 1 is 1.14 bits per heavy atom. The van der Waals surface area contributed by atoms with E-state index in [4.69, 9.17) is 14.2 Å². The van der Waals surface area contributed by atoms with Gasteiger partial charge in [0.15, 0.2) is 0 Å². The fourth-order valence-electron chi connectivity index (χ4n) is 2.91. The Hall–Kier alpha value is -2.89. The first-order valence-corrected chi connectivity index (χ1v) is 9.12. The summed E-state index contributed by atoms with van der Waals surface area (Å²) >= 11 is 0. The molecule has 1 rings (SSSR count). The Labute approximate surface area is 166 Å². The van der Waals surface area contributed by atoms with Crippen molar-refractivity contribution in [2.75, 3.05) is 6.61 Å². The van der Waals surface area contributed by atoms with E-state index in [9.17, 15) is 14.4 Å². The summed E-state index contributed by atoms with van der Waals surface area (Å²) in [7, 11) is 0. The molecule has 6 heteroatoms. The molecule has 0 N–H and O–H groups in total. The largest absolute Gasteiger partial charge is 0.463 e. The van der Waals surface area contributed by atoms with Crippen molar-refractivity contribution in [2.45, 2.75) is 45.8 Å². The van der Waals surface area contributed by atoms with Gasteiger partial charge in [-0.1, -0.05) is 48.6 Å². The van der Waals surface area contributed by atoms with Crippen LogP contribution in [0.4, 0.5) is 0 Å². The van der Waals surface area contributed by atoms with E-state index in [1.807, 2.05) is 30.3 Å². The van der Waals surface area contributed by atoms with Gasteiger partial charge in [0.2, 0.25) is 5.60 Å². The van der Waals surface area contributed by atoms with Crippen molar-refractivity contribution < 1.29 is 28.6 Å². The Bertz CT molecular complexity index is 709. The predicted octanol–water partition coefficient (Wildman–Crippen LogP) is 3.71. The Kier molecular flexibility index (Phi) is 9.15. The number of rotatable bonds is 10. The second-order valence-electron chi connectivity index (χ2n) is 6.39. The molecule has 0 aliphatic rings. The van der Waals surface area contributed by atoms with Crippen molar-refractivity contribution in [1.82, 2.24) is 0 Å². The highest BCUT2D eigenvalue weighted by Crippen LogP contribution is 2.32. The van der Waals surface area contributed by atoms with Crippen LogP contribution in [-0.4, -0.2) is 36.2 Å². The van der Waals surface area contributed by atoms with E-state index in [-0.39, 0.29) is 13.0 Å². The van der Waals surface area contributed by atoms with Gasteiger partial charge in [0.1, 0.15) is 6.10 Å². The van der Waals surface area contributed by atoms with Gasteiger partial charge in [-0.05, 0) is 19.4 Å². The van der Waals surface area contributed by atoms with E-state index in [0.29, 0.717) is 0 Å². The van der Waals surface area contributed by atoms with E-state index in [2.05, 4.69) is 6.58 Å². The fraction of sp³-hybridized carbons (Fsp3) is 0.409. The fourth-order valence-corrected chi connectivity index (χ4v) is 2.91. The molecule has 3 atom stereocenters. The molecule has 0 aliphatic carbocycles. The molecule has 0 spiro atoms. The summed E-state index contributed by atoms with van der Waals surface area (Å²) in [6.07, 6.45) is 4.55. The maximum absolute atomic E-state index is 12.7. The molecule has 152 valence electrons. The van der Waals surface area contributed by atoms with Crippen LogP contribution in [0.3, 0.4) is 0 Å². The average Bonchev–Trinajstić information content (AvgIpc) is 2.62. The van der Waals surface area contributed by atoms with E-state index in [1.54, 1.807) is 25.2 Å². The SMILES string of the molecule is C=CC[C@@H](OC(C)=O)[C@H](/C=C/c1ccccc1)[C@@](C)(OC(C)=O)C(=O)OCC. The van der Waals surface area contributed by atoms with Gasteiger partial charge >= 0.3 is 17.9 Å². The summed E-state index contributed by atoms with van der Waals surface area (Å²) in [6.45, 7) is 9.43. The smallest absolute Gasteiger partial charge is 0.351 e. The molecule has 0 aromatic heterocycles. The number of carbonyl (C=O) groups excluding carboxylic acids is 3. The molecule has 0 radical (unpaired) electrons. The monoisotopic (exact) mass is 388 g/mol. The first-order chi connectivity index (χ1) is 13.2. The molecule has 6 nitrogen and oxygen atoms in total. The summed E-state index contributed by atoms with van der Waals surface area (Å²) < 4.78 is 16.0. The lowest BCUT2D eigenvalue weighted by Gasteiger charge is -2.36. The van der Waals surface area contributed by atoms with E-state index in [1.165, 1.54) is 20.8 Å². The molecule has 0 heterocycles. The Balaban J connectivity index is 3.46. The molecule has 0 saturated heterocycles. The lowest BCUT2D eigenvalue weighted by Crippen LogP contribution is -2.52. The first kappa shape index (κ1) is 23.1. The minimum absolute atomic E-state index is 0.116. The summed E-state index contributed by atoms with van der Waals surface area (Å²) in [5.74, 6) is -2.67. The number of ether oxygens (including phenoxy) is 3. The van der Waals surface area contributed by atoms with Gasteiger partial charge in [-0.15, -0.1) is 6.58 Å². The molecule has 0 fully saturated rings. The molecule has 0 aliphatic heterocycles. The van der Waals surface area contributed by atoms with Crippen LogP contribution < -0.4 is 0 Å². The van der Waals surface area contributed by atoms with E-state index in [0.717, 1.165) is 5.56 Å². The number of carbonyl (C=O) groups is 3. The Morgan fingerprint density at radius 3 is 2.29 bits per heavy atom. The third kappa shape index (κ3) is 6.68. The van der Waals surface area contributed by atoms with Gasteiger partial charge in [-0.3, -0.25) is 9.59 Å². The number of benzene rings is 1. The molecule has 0 amide bonds. The van der Waals surface area contributed by atoms with Crippen LogP contribution in [-0.2, 0) is 28.6 Å². The summed E-state index contributed by atoms with van der Waals surface area (Å²) in [6, 6.07) is 9.40. The van der Waals surface area contributed by atoms with Crippen LogP contribution in [0.25, 0.3) is 6.08 Å². The highest BCUT2D eigenvalue weighted by Gasteiger charge is 2.49. The molecule has 1 aromatic carbocycles. The standard InChI is InChI=1S/C22H28O6/c1-6-11-20(27-16(3)23)19(15-14-18-12-9-8-10-13-18)22(5,28-17(4)24)21(25)26-7-2/h6,8-10,12-15,19-20H,1,7,11H2,2-5H3/b15-14+/t19-,20+,22+/m0/s1. The molecule has 0 bridgehead atoms. The van der Waals surface area contributed by atoms with Crippen molar-refractivity contribution in [3.05, 3.63) is 54.6 Å². The van der Waals surface area contributed by atoms with E-state index >= 15 is 0 Å². The van der Waals surface area contributed by atoms with Crippen LogP contribution in [0, 0.1) is 5.92 Å². The summed E-state index contributed by atoms with van der Waals surface area (Å²) in [4.78, 5) is 36.2. The third-order valence-corrected chi connectivity index (χ3v) is 4.09. The lowest BCUT2D eigenvalue weighted by molar-refractivity contribution is -0.190. The maximum Gasteiger partial charge on any atom is 0.351 e. The van der Waals surface area contributed by atoms with Gasteiger partial charge in [0, 0.05) is 20.3 Å². The maximum atomic E-state index is 12.7. The predicted molar refractivity (Wildman–Crippen MR) is 106 cm³/mol. The molecule has 1 aromatic rings. The van der Waals surface area contributed by atoms with Crippen molar-refractivity contribution in [3.8, 4) is 0 Å².